The number of fused-ring (bicyclic) bond motifs is 1. The van der Waals surface area contributed by atoms with Crippen molar-refractivity contribution in [2.75, 3.05) is 6.54 Å². The van der Waals surface area contributed by atoms with Gasteiger partial charge in [0.2, 0.25) is 0 Å². The summed E-state index contributed by atoms with van der Waals surface area (Å²) < 4.78 is 39.3. The SMILES string of the molecule is CC(C)Cc1nc2c(n1CC(F)(F)F)CCNC2. The summed E-state index contributed by atoms with van der Waals surface area (Å²) in [6.07, 6.45) is -2.98. The lowest BCUT2D eigenvalue weighted by Crippen LogP contribution is -2.27. The Morgan fingerprint density at radius 1 is 1.39 bits per heavy atom. The Balaban J connectivity index is 2.35. The normalized spacial score (nSPS) is 16.1. The van der Waals surface area contributed by atoms with Gasteiger partial charge < -0.3 is 9.88 Å². The number of nitrogens with one attached hydrogen (secondary N) is 1. The second kappa shape index (κ2) is 4.91. The van der Waals surface area contributed by atoms with Crippen molar-refractivity contribution >= 4 is 0 Å². The Morgan fingerprint density at radius 3 is 2.72 bits per heavy atom. The highest BCUT2D eigenvalue weighted by Crippen LogP contribution is 2.24. The Hall–Kier alpha value is -1.04. The van der Waals surface area contributed by atoms with Crippen LogP contribution in [0.4, 0.5) is 13.2 Å². The van der Waals surface area contributed by atoms with Crippen LogP contribution in [0.5, 0.6) is 0 Å². The zero-order chi connectivity index (χ0) is 13.3. The number of imidazole rings is 1. The van der Waals surface area contributed by atoms with Gasteiger partial charge in [-0.15, -0.1) is 0 Å². The molecular weight excluding hydrogens is 243 g/mol. The fourth-order valence-corrected chi connectivity index (χ4v) is 2.31. The van der Waals surface area contributed by atoms with E-state index in [9.17, 15) is 13.2 Å². The van der Waals surface area contributed by atoms with Crippen molar-refractivity contribution in [3.05, 3.63) is 17.2 Å². The number of nitrogens with zero attached hydrogens (tertiary/aromatic N) is 2. The van der Waals surface area contributed by atoms with Gasteiger partial charge in [-0.3, -0.25) is 0 Å². The summed E-state index contributed by atoms with van der Waals surface area (Å²) in [6.45, 7) is 4.36. The summed E-state index contributed by atoms with van der Waals surface area (Å²) in [4.78, 5) is 4.38. The molecule has 0 fully saturated rings. The first kappa shape index (κ1) is 13.4. The molecule has 0 unspecified atom stereocenters. The molecule has 102 valence electrons. The van der Waals surface area contributed by atoms with Crippen LogP contribution in [0.1, 0.15) is 31.1 Å². The first-order chi connectivity index (χ1) is 8.37. The predicted molar refractivity (Wildman–Crippen MR) is 62.2 cm³/mol. The van der Waals surface area contributed by atoms with Crippen molar-refractivity contribution in [1.82, 2.24) is 14.9 Å². The Labute approximate surface area is 104 Å². The van der Waals surface area contributed by atoms with Crippen molar-refractivity contribution in [2.24, 2.45) is 5.92 Å². The van der Waals surface area contributed by atoms with Gasteiger partial charge >= 0.3 is 6.18 Å². The molecule has 0 atom stereocenters. The highest BCUT2D eigenvalue weighted by atomic mass is 19.4. The van der Waals surface area contributed by atoms with Gasteiger partial charge in [-0.05, 0) is 5.92 Å². The van der Waals surface area contributed by atoms with Gasteiger partial charge in [0.15, 0.2) is 0 Å². The maximum atomic E-state index is 12.6. The number of halogens is 3. The van der Waals surface area contributed by atoms with E-state index < -0.39 is 12.7 Å². The van der Waals surface area contributed by atoms with Gasteiger partial charge in [0.05, 0.1) is 5.69 Å². The lowest BCUT2D eigenvalue weighted by molar-refractivity contribution is -0.141. The largest absolute Gasteiger partial charge is 0.406 e. The fourth-order valence-electron chi connectivity index (χ4n) is 2.31. The third kappa shape index (κ3) is 3.04. The number of hydrogen-bond acceptors (Lipinski definition) is 2. The molecule has 1 aliphatic heterocycles. The Bertz CT molecular complexity index is 421. The molecule has 0 amide bonds. The molecule has 0 aliphatic carbocycles. The minimum atomic E-state index is -4.19. The second-order valence-corrected chi connectivity index (χ2v) is 5.15. The molecule has 6 heteroatoms. The molecule has 0 saturated carbocycles. The second-order valence-electron chi connectivity index (χ2n) is 5.15. The number of alkyl halides is 3. The van der Waals surface area contributed by atoms with Crippen LogP contribution >= 0.6 is 0 Å². The van der Waals surface area contributed by atoms with E-state index in [1.54, 1.807) is 0 Å². The van der Waals surface area contributed by atoms with Gasteiger partial charge in [-0.25, -0.2) is 4.98 Å². The molecule has 1 N–H and O–H groups in total. The highest BCUT2D eigenvalue weighted by molar-refractivity contribution is 5.20. The predicted octanol–water partition coefficient (Wildman–Crippen LogP) is 2.29. The van der Waals surface area contributed by atoms with Gasteiger partial charge in [0, 0.05) is 31.6 Å². The molecule has 1 aromatic heterocycles. The molecule has 18 heavy (non-hydrogen) atoms. The van der Waals surface area contributed by atoms with Crippen LogP contribution in [0.15, 0.2) is 0 Å². The van der Waals surface area contributed by atoms with E-state index in [1.165, 1.54) is 4.57 Å². The van der Waals surface area contributed by atoms with E-state index in [0.717, 1.165) is 17.9 Å². The van der Waals surface area contributed by atoms with Crippen molar-refractivity contribution in [1.29, 1.82) is 0 Å². The van der Waals surface area contributed by atoms with E-state index >= 15 is 0 Å². The maximum Gasteiger partial charge on any atom is 0.406 e. The Morgan fingerprint density at radius 2 is 2.11 bits per heavy atom. The molecule has 2 rings (SSSR count). The van der Waals surface area contributed by atoms with Gasteiger partial charge in [0.25, 0.3) is 0 Å². The lowest BCUT2D eigenvalue weighted by atomic mass is 10.1. The third-order valence-corrected chi connectivity index (χ3v) is 2.99. The van der Waals surface area contributed by atoms with E-state index in [1.807, 2.05) is 13.8 Å². The zero-order valence-electron chi connectivity index (χ0n) is 10.6. The van der Waals surface area contributed by atoms with E-state index in [0.29, 0.717) is 31.1 Å². The molecule has 1 aromatic rings. The van der Waals surface area contributed by atoms with E-state index in [-0.39, 0.29) is 0 Å². The van der Waals surface area contributed by atoms with Gasteiger partial charge in [-0.2, -0.15) is 13.2 Å². The summed E-state index contributed by atoms with van der Waals surface area (Å²) in [5.41, 5.74) is 1.53. The quantitative estimate of drug-likeness (QED) is 0.904. The summed E-state index contributed by atoms with van der Waals surface area (Å²) in [5.74, 6) is 0.866. The minimum absolute atomic E-state index is 0.300. The molecule has 3 nitrogen and oxygen atoms in total. The molecule has 2 heterocycles. The first-order valence-corrected chi connectivity index (χ1v) is 6.21. The van der Waals surface area contributed by atoms with Crippen LogP contribution < -0.4 is 5.32 Å². The van der Waals surface area contributed by atoms with Crippen LogP contribution in [0, 0.1) is 5.92 Å². The molecule has 0 aromatic carbocycles. The zero-order valence-corrected chi connectivity index (χ0v) is 10.6. The summed E-state index contributed by atoms with van der Waals surface area (Å²) in [5, 5.41) is 3.14. The fraction of sp³-hybridized carbons (Fsp3) is 0.750. The van der Waals surface area contributed by atoms with Crippen LogP contribution in [0.3, 0.4) is 0 Å². The topological polar surface area (TPSA) is 29.9 Å². The van der Waals surface area contributed by atoms with Crippen molar-refractivity contribution in [3.63, 3.8) is 0 Å². The molecule has 1 aliphatic rings. The molecular formula is C12H18F3N3. The lowest BCUT2D eigenvalue weighted by Gasteiger charge is -2.18. The highest BCUT2D eigenvalue weighted by Gasteiger charge is 2.32. The van der Waals surface area contributed by atoms with E-state index in [2.05, 4.69) is 10.3 Å². The third-order valence-electron chi connectivity index (χ3n) is 2.99. The van der Waals surface area contributed by atoms with Crippen molar-refractivity contribution in [2.45, 2.75) is 46.0 Å². The van der Waals surface area contributed by atoms with Crippen LogP contribution in [-0.4, -0.2) is 22.3 Å². The monoisotopic (exact) mass is 261 g/mol. The van der Waals surface area contributed by atoms with Crippen LogP contribution in [0.2, 0.25) is 0 Å². The first-order valence-electron chi connectivity index (χ1n) is 6.21. The van der Waals surface area contributed by atoms with E-state index in [4.69, 9.17) is 0 Å². The van der Waals surface area contributed by atoms with Gasteiger partial charge in [0.1, 0.15) is 12.4 Å². The van der Waals surface area contributed by atoms with Gasteiger partial charge in [-0.1, -0.05) is 13.8 Å². The minimum Gasteiger partial charge on any atom is -0.323 e. The number of aromatic nitrogens is 2. The summed E-state index contributed by atoms with van der Waals surface area (Å²) in [6, 6.07) is 0. The molecule has 0 bridgehead atoms. The smallest absolute Gasteiger partial charge is 0.323 e. The van der Waals surface area contributed by atoms with Crippen LogP contribution in [-0.2, 0) is 25.9 Å². The summed E-state index contributed by atoms with van der Waals surface area (Å²) >= 11 is 0. The average Bonchev–Trinajstić information content (AvgIpc) is 2.54. The van der Waals surface area contributed by atoms with Crippen molar-refractivity contribution in [3.8, 4) is 0 Å². The molecule has 0 radical (unpaired) electrons. The van der Waals surface area contributed by atoms with Crippen molar-refractivity contribution < 1.29 is 13.2 Å². The molecule has 0 spiro atoms. The number of rotatable bonds is 3. The average molecular weight is 261 g/mol. The van der Waals surface area contributed by atoms with Crippen LogP contribution in [0.25, 0.3) is 0 Å². The summed E-state index contributed by atoms with van der Waals surface area (Å²) in [7, 11) is 0. The Kier molecular flexibility index (Phi) is 3.66. The molecule has 0 saturated heterocycles. The standard InChI is InChI=1S/C12H18F3N3/c1-8(2)5-11-17-9-6-16-4-3-10(9)18(11)7-12(13,14)15/h8,16H,3-7H2,1-2H3. The number of hydrogen-bond donors (Lipinski definition) is 1. The maximum absolute atomic E-state index is 12.6.